The van der Waals surface area contributed by atoms with Gasteiger partial charge in [-0.05, 0) is 30.5 Å². The van der Waals surface area contributed by atoms with E-state index >= 15 is 0 Å². The van der Waals surface area contributed by atoms with Crippen LogP contribution in [0.15, 0.2) is 29.3 Å². The van der Waals surface area contributed by atoms with E-state index in [1.54, 1.807) is 7.05 Å². The van der Waals surface area contributed by atoms with Crippen molar-refractivity contribution in [3.05, 3.63) is 34.9 Å². The Labute approximate surface area is 179 Å². The fraction of sp³-hybridized carbons (Fsp3) is 0.632. The van der Waals surface area contributed by atoms with Gasteiger partial charge in [-0.15, -0.1) is 24.0 Å². The first-order chi connectivity index (χ1) is 11.9. The molecule has 1 aromatic carbocycles. The summed E-state index contributed by atoms with van der Waals surface area (Å²) >= 11 is 6.12. The minimum absolute atomic E-state index is 0. The highest BCUT2D eigenvalue weighted by atomic mass is 127. The van der Waals surface area contributed by atoms with Crippen molar-refractivity contribution in [2.75, 3.05) is 40.0 Å². The number of hydrogen-bond donors (Lipinski definition) is 3. The summed E-state index contributed by atoms with van der Waals surface area (Å²) in [5, 5.41) is 16.9. The summed E-state index contributed by atoms with van der Waals surface area (Å²) in [7, 11) is 1.77. The zero-order valence-corrected chi connectivity index (χ0v) is 18.9. The van der Waals surface area contributed by atoms with Gasteiger partial charge in [0.1, 0.15) is 0 Å². The first-order valence-corrected chi connectivity index (χ1v) is 9.18. The van der Waals surface area contributed by atoms with Crippen LogP contribution in [0.3, 0.4) is 0 Å². The molecule has 3 N–H and O–H groups in total. The highest BCUT2D eigenvalue weighted by Gasteiger charge is 2.34. The van der Waals surface area contributed by atoms with Crippen molar-refractivity contribution >= 4 is 41.5 Å². The van der Waals surface area contributed by atoms with E-state index in [-0.39, 0.29) is 41.4 Å². The number of ether oxygens (including phenoxy) is 1. The molecule has 0 spiro atoms. The Morgan fingerprint density at radius 1 is 1.38 bits per heavy atom. The molecule has 0 radical (unpaired) electrons. The van der Waals surface area contributed by atoms with Gasteiger partial charge in [-0.2, -0.15) is 0 Å². The molecule has 2 rings (SSSR count). The lowest BCUT2D eigenvalue weighted by atomic mass is 9.84. The molecule has 1 aromatic rings. The molecule has 1 unspecified atom stereocenters. The van der Waals surface area contributed by atoms with E-state index in [0.29, 0.717) is 6.61 Å². The van der Waals surface area contributed by atoms with Crippen LogP contribution in [0.25, 0.3) is 0 Å². The molecule has 1 saturated heterocycles. The van der Waals surface area contributed by atoms with Gasteiger partial charge in [-0.3, -0.25) is 4.99 Å². The molecule has 0 amide bonds. The van der Waals surface area contributed by atoms with Crippen LogP contribution in [0.1, 0.15) is 32.3 Å². The van der Waals surface area contributed by atoms with Crippen molar-refractivity contribution in [2.45, 2.75) is 32.1 Å². The van der Waals surface area contributed by atoms with Crippen LogP contribution in [0.4, 0.5) is 0 Å². The second kappa shape index (κ2) is 10.7. The van der Waals surface area contributed by atoms with Crippen molar-refractivity contribution < 1.29 is 9.84 Å². The third-order valence-corrected chi connectivity index (χ3v) is 5.22. The summed E-state index contributed by atoms with van der Waals surface area (Å²) in [4.78, 5) is 4.32. The summed E-state index contributed by atoms with van der Waals surface area (Å²) in [6.45, 7) is 7.45. The van der Waals surface area contributed by atoms with Gasteiger partial charge in [0.25, 0.3) is 0 Å². The van der Waals surface area contributed by atoms with Gasteiger partial charge >= 0.3 is 0 Å². The van der Waals surface area contributed by atoms with E-state index in [9.17, 15) is 5.11 Å². The van der Waals surface area contributed by atoms with Gasteiger partial charge < -0.3 is 20.5 Å². The molecule has 1 heterocycles. The number of hydrogen-bond acceptors (Lipinski definition) is 3. The number of nitrogens with zero attached hydrogens (tertiary/aromatic N) is 1. The van der Waals surface area contributed by atoms with Crippen LogP contribution in [-0.4, -0.2) is 51.0 Å². The molecule has 148 valence electrons. The van der Waals surface area contributed by atoms with E-state index in [0.717, 1.165) is 43.5 Å². The van der Waals surface area contributed by atoms with Gasteiger partial charge in [0.2, 0.25) is 0 Å². The van der Waals surface area contributed by atoms with Gasteiger partial charge in [0.05, 0.1) is 6.61 Å². The van der Waals surface area contributed by atoms with Crippen LogP contribution >= 0.6 is 35.6 Å². The molecular formula is C19H31ClIN3O2. The first-order valence-electron chi connectivity index (χ1n) is 8.80. The number of aliphatic hydroxyl groups is 1. The normalized spacial score (nSPS) is 20.6. The molecule has 0 aromatic heterocycles. The summed E-state index contributed by atoms with van der Waals surface area (Å²) in [6.07, 6.45) is 1.70. The summed E-state index contributed by atoms with van der Waals surface area (Å²) < 4.78 is 5.54. The van der Waals surface area contributed by atoms with Gasteiger partial charge in [-0.25, -0.2) is 0 Å². The second-order valence-electron chi connectivity index (χ2n) is 7.45. The van der Waals surface area contributed by atoms with Crippen LogP contribution in [0, 0.1) is 5.41 Å². The smallest absolute Gasteiger partial charge is 0.191 e. The SMILES string of the molecule is CN=C(NCC1(CCO)CCOC1)NCC(C)(C)c1cccc(Cl)c1.I. The van der Waals surface area contributed by atoms with Crippen molar-refractivity contribution in [3.63, 3.8) is 0 Å². The van der Waals surface area contributed by atoms with Crippen molar-refractivity contribution in [2.24, 2.45) is 10.4 Å². The standard InChI is InChI=1S/C19H30ClN3O2.HI/c1-18(2,15-5-4-6-16(20)11-15)12-22-17(21-3)23-13-19(7-9-24)8-10-25-14-19;/h4-6,11,24H,7-10,12-14H2,1-3H3,(H2,21,22,23);1H. The van der Waals surface area contributed by atoms with Gasteiger partial charge in [0.15, 0.2) is 5.96 Å². The maximum absolute atomic E-state index is 9.33. The van der Waals surface area contributed by atoms with Gasteiger partial charge in [0, 0.05) is 49.2 Å². The third-order valence-electron chi connectivity index (χ3n) is 4.99. The van der Waals surface area contributed by atoms with Crippen LogP contribution in [0.2, 0.25) is 5.02 Å². The number of aliphatic imine (C=N–C) groups is 1. The molecular weight excluding hydrogens is 465 g/mol. The predicted molar refractivity (Wildman–Crippen MR) is 119 cm³/mol. The number of benzene rings is 1. The molecule has 0 saturated carbocycles. The minimum Gasteiger partial charge on any atom is -0.396 e. The second-order valence-corrected chi connectivity index (χ2v) is 7.89. The minimum atomic E-state index is -0.0816. The lowest BCUT2D eigenvalue weighted by Crippen LogP contribution is -2.47. The lowest BCUT2D eigenvalue weighted by molar-refractivity contribution is 0.127. The Bertz CT molecular complexity index is 590. The maximum atomic E-state index is 9.33. The van der Waals surface area contributed by atoms with Crippen LogP contribution in [0.5, 0.6) is 0 Å². The van der Waals surface area contributed by atoms with Crippen molar-refractivity contribution in [1.82, 2.24) is 10.6 Å². The Balaban J connectivity index is 0.00000338. The fourth-order valence-electron chi connectivity index (χ4n) is 3.12. The maximum Gasteiger partial charge on any atom is 0.191 e. The molecule has 7 heteroatoms. The average Bonchev–Trinajstić information content (AvgIpc) is 3.04. The van der Waals surface area contributed by atoms with E-state index in [2.05, 4.69) is 35.5 Å². The number of aliphatic hydroxyl groups excluding tert-OH is 1. The fourth-order valence-corrected chi connectivity index (χ4v) is 3.31. The number of guanidine groups is 1. The molecule has 5 nitrogen and oxygen atoms in total. The molecule has 1 atom stereocenters. The number of nitrogens with one attached hydrogen (secondary N) is 2. The topological polar surface area (TPSA) is 65.9 Å². The molecule has 0 bridgehead atoms. The van der Waals surface area contributed by atoms with E-state index in [4.69, 9.17) is 16.3 Å². The summed E-state index contributed by atoms with van der Waals surface area (Å²) in [5.74, 6) is 0.763. The van der Waals surface area contributed by atoms with Crippen LogP contribution < -0.4 is 10.6 Å². The van der Waals surface area contributed by atoms with Crippen molar-refractivity contribution in [1.29, 1.82) is 0 Å². The Morgan fingerprint density at radius 3 is 2.73 bits per heavy atom. The Morgan fingerprint density at radius 2 is 2.15 bits per heavy atom. The van der Waals surface area contributed by atoms with Crippen LogP contribution in [-0.2, 0) is 10.2 Å². The lowest BCUT2D eigenvalue weighted by Gasteiger charge is -2.30. The molecule has 1 aliphatic rings. The molecule has 1 fully saturated rings. The monoisotopic (exact) mass is 495 g/mol. The number of rotatable bonds is 7. The molecule has 26 heavy (non-hydrogen) atoms. The Hall–Kier alpha value is -0.570. The zero-order valence-electron chi connectivity index (χ0n) is 15.8. The van der Waals surface area contributed by atoms with E-state index in [1.807, 2.05) is 18.2 Å². The average molecular weight is 496 g/mol. The highest BCUT2D eigenvalue weighted by molar-refractivity contribution is 14.0. The summed E-state index contributed by atoms with van der Waals surface area (Å²) in [6, 6.07) is 7.96. The highest BCUT2D eigenvalue weighted by Crippen LogP contribution is 2.31. The molecule has 0 aliphatic carbocycles. The number of halogens is 2. The van der Waals surface area contributed by atoms with Gasteiger partial charge in [-0.1, -0.05) is 37.6 Å². The first kappa shape index (κ1) is 23.5. The Kier molecular flexibility index (Phi) is 9.64. The molecule has 1 aliphatic heterocycles. The van der Waals surface area contributed by atoms with Crippen molar-refractivity contribution in [3.8, 4) is 0 Å². The van der Waals surface area contributed by atoms with E-state index in [1.165, 1.54) is 5.56 Å². The quantitative estimate of drug-likeness (QED) is 0.309. The summed E-state index contributed by atoms with van der Waals surface area (Å²) in [5.41, 5.74) is 1.10. The largest absolute Gasteiger partial charge is 0.396 e. The van der Waals surface area contributed by atoms with E-state index < -0.39 is 0 Å². The zero-order chi connectivity index (χ0) is 18.3. The third kappa shape index (κ3) is 6.55. The predicted octanol–water partition coefficient (Wildman–Crippen LogP) is 3.19.